The zero-order chi connectivity index (χ0) is 12.1. The van der Waals surface area contributed by atoms with E-state index in [1.54, 1.807) is 0 Å². The van der Waals surface area contributed by atoms with Crippen LogP contribution in [0.4, 0.5) is 0 Å². The zero-order valence-corrected chi connectivity index (χ0v) is 10.6. The average molecular weight is 234 g/mol. The molecule has 2 heteroatoms. The molecule has 0 atom stereocenters. The fraction of sp³-hybridized carbons (Fsp3) is 0.600. The van der Waals surface area contributed by atoms with Gasteiger partial charge < -0.3 is 9.84 Å². The minimum Gasteiger partial charge on any atom is -0.494 e. The Kier molecular flexibility index (Phi) is 4.43. The van der Waals surface area contributed by atoms with Crippen LogP contribution in [-0.2, 0) is 0 Å². The van der Waals surface area contributed by atoms with E-state index in [-0.39, 0.29) is 6.10 Å². The summed E-state index contributed by atoms with van der Waals surface area (Å²) < 4.78 is 5.66. The Hall–Kier alpha value is -1.02. The minimum absolute atomic E-state index is 0.0780. The standard InChI is InChI=1S/C15H22O2/c1-2-10-17-15-5-3-4-13(11-15)12-6-8-14(16)9-7-12/h3-5,11-12,14,16H,2,6-10H2,1H3. The summed E-state index contributed by atoms with van der Waals surface area (Å²) in [4.78, 5) is 0. The number of hydrogen-bond acceptors (Lipinski definition) is 2. The lowest BCUT2D eigenvalue weighted by Crippen LogP contribution is -2.16. The molecular formula is C15H22O2. The second-order valence-corrected chi connectivity index (χ2v) is 4.93. The molecule has 0 bridgehead atoms. The van der Waals surface area contributed by atoms with Crippen molar-refractivity contribution in [3.63, 3.8) is 0 Å². The van der Waals surface area contributed by atoms with Gasteiger partial charge in [-0.15, -0.1) is 0 Å². The Morgan fingerprint density at radius 2 is 2.00 bits per heavy atom. The Morgan fingerprint density at radius 3 is 2.71 bits per heavy atom. The van der Waals surface area contributed by atoms with Gasteiger partial charge in [-0.2, -0.15) is 0 Å². The van der Waals surface area contributed by atoms with Gasteiger partial charge in [0.05, 0.1) is 12.7 Å². The van der Waals surface area contributed by atoms with Crippen LogP contribution in [0.25, 0.3) is 0 Å². The van der Waals surface area contributed by atoms with Crippen molar-refractivity contribution in [1.29, 1.82) is 0 Å². The molecule has 1 aromatic carbocycles. The third-order valence-electron chi connectivity index (χ3n) is 3.50. The Balaban J connectivity index is 2.00. The van der Waals surface area contributed by atoms with Crippen molar-refractivity contribution >= 4 is 0 Å². The quantitative estimate of drug-likeness (QED) is 0.864. The topological polar surface area (TPSA) is 29.5 Å². The van der Waals surface area contributed by atoms with Gasteiger partial charge in [0.1, 0.15) is 5.75 Å². The van der Waals surface area contributed by atoms with Crippen molar-refractivity contribution in [3.8, 4) is 5.75 Å². The lowest BCUT2D eigenvalue weighted by molar-refractivity contribution is 0.122. The molecule has 1 aromatic rings. The van der Waals surface area contributed by atoms with Crippen LogP contribution in [-0.4, -0.2) is 17.8 Å². The van der Waals surface area contributed by atoms with E-state index in [9.17, 15) is 5.11 Å². The predicted octanol–water partition coefficient (Wildman–Crippen LogP) is 3.49. The van der Waals surface area contributed by atoms with Crippen molar-refractivity contribution in [3.05, 3.63) is 29.8 Å². The molecule has 1 aliphatic rings. The molecule has 0 aromatic heterocycles. The van der Waals surface area contributed by atoms with Crippen LogP contribution in [0.15, 0.2) is 24.3 Å². The van der Waals surface area contributed by atoms with E-state index >= 15 is 0 Å². The van der Waals surface area contributed by atoms with E-state index in [1.807, 2.05) is 6.07 Å². The van der Waals surface area contributed by atoms with E-state index < -0.39 is 0 Å². The molecule has 1 fully saturated rings. The van der Waals surface area contributed by atoms with E-state index in [0.717, 1.165) is 44.5 Å². The molecule has 0 aliphatic heterocycles. The first-order valence-corrected chi connectivity index (χ1v) is 6.70. The van der Waals surface area contributed by atoms with E-state index in [0.29, 0.717) is 5.92 Å². The fourth-order valence-electron chi connectivity index (χ4n) is 2.49. The highest BCUT2D eigenvalue weighted by Crippen LogP contribution is 2.34. The Labute approximate surface area is 104 Å². The van der Waals surface area contributed by atoms with Crippen LogP contribution < -0.4 is 4.74 Å². The van der Waals surface area contributed by atoms with Crippen molar-refractivity contribution < 1.29 is 9.84 Å². The monoisotopic (exact) mass is 234 g/mol. The molecule has 0 heterocycles. The first-order chi connectivity index (χ1) is 8.29. The van der Waals surface area contributed by atoms with Gasteiger partial charge in [-0.1, -0.05) is 19.1 Å². The SMILES string of the molecule is CCCOc1cccc(C2CCC(O)CC2)c1. The van der Waals surface area contributed by atoms with Crippen LogP contribution in [0.5, 0.6) is 5.75 Å². The third kappa shape index (κ3) is 3.47. The van der Waals surface area contributed by atoms with Crippen molar-refractivity contribution in [2.45, 2.75) is 51.0 Å². The van der Waals surface area contributed by atoms with Crippen LogP contribution in [0.2, 0.25) is 0 Å². The van der Waals surface area contributed by atoms with Crippen LogP contribution in [0.3, 0.4) is 0 Å². The largest absolute Gasteiger partial charge is 0.494 e. The van der Waals surface area contributed by atoms with E-state index in [4.69, 9.17) is 4.74 Å². The summed E-state index contributed by atoms with van der Waals surface area (Å²) in [6, 6.07) is 8.45. The normalized spacial score (nSPS) is 24.6. The highest BCUT2D eigenvalue weighted by molar-refractivity contribution is 5.31. The summed E-state index contributed by atoms with van der Waals surface area (Å²) in [5.41, 5.74) is 1.37. The van der Waals surface area contributed by atoms with Gasteiger partial charge in [-0.3, -0.25) is 0 Å². The maximum atomic E-state index is 9.52. The van der Waals surface area contributed by atoms with Crippen LogP contribution >= 0.6 is 0 Å². The lowest BCUT2D eigenvalue weighted by Gasteiger charge is -2.25. The second-order valence-electron chi connectivity index (χ2n) is 4.93. The van der Waals surface area contributed by atoms with Gasteiger partial charge in [-0.05, 0) is 55.7 Å². The van der Waals surface area contributed by atoms with Crippen LogP contribution in [0.1, 0.15) is 50.5 Å². The Bertz CT molecular complexity index is 341. The zero-order valence-electron chi connectivity index (χ0n) is 10.6. The highest BCUT2D eigenvalue weighted by atomic mass is 16.5. The summed E-state index contributed by atoms with van der Waals surface area (Å²) in [5.74, 6) is 1.58. The minimum atomic E-state index is -0.0780. The fourth-order valence-corrected chi connectivity index (χ4v) is 2.49. The average Bonchev–Trinajstić information content (AvgIpc) is 2.37. The lowest BCUT2D eigenvalue weighted by atomic mass is 9.83. The number of hydrogen-bond donors (Lipinski definition) is 1. The van der Waals surface area contributed by atoms with E-state index in [2.05, 4.69) is 25.1 Å². The maximum absolute atomic E-state index is 9.52. The number of benzene rings is 1. The highest BCUT2D eigenvalue weighted by Gasteiger charge is 2.20. The summed E-state index contributed by atoms with van der Waals surface area (Å²) >= 11 is 0. The molecule has 1 N–H and O–H groups in total. The summed E-state index contributed by atoms with van der Waals surface area (Å²) in [7, 11) is 0. The molecule has 94 valence electrons. The Morgan fingerprint density at radius 1 is 1.24 bits per heavy atom. The molecule has 1 saturated carbocycles. The van der Waals surface area contributed by atoms with Gasteiger partial charge in [0, 0.05) is 0 Å². The van der Waals surface area contributed by atoms with Gasteiger partial charge >= 0.3 is 0 Å². The van der Waals surface area contributed by atoms with Gasteiger partial charge in [0.15, 0.2) is 0 Å². The van der Waals surface area contributed by atoms with Crippen molar-refractivity contribution in [2.75, 3.05) is 6.61 Å². The number of aliphatic hydroxyl groups is 1. The number of rotatable bonds is 4. The molecule has 2 rings (SSSR count). The first kappa shape index (κ1) is 12.4. The summed E-state index contributed by atoms with van der Waals surface area (Å²) in [5, 5.41) is 9.52. The molecular weight excluding hydrogens is 212 g/mol. The number of ether oxygens (including phenoxy) is 1. The van der Waals surface area contributed by atoms with E-state index in [1.165, 1.54) is 5.56 Å². The van der Waals surface area contributed by atoms with Crippen molar-refractivity contribution in [2.24, 2.45) is 0 Å². The molecule has 0 saturated heterocycles. The maximum Gasteiger partial charge on any atom is 0.119 e. The second kappa shape index (κ2) is 6.06. The smallest absolute Gasteiger partial charge is 0.119 e. The molecule has 1 aliphatic carbocycles. The summed E-state index contributed by atoms with van der Waals surface area (Å²) in [6.07, 6.45) is 5.03. The molecule has 0 radical (unpaired) electrons. The molecule has 0 unspecified atom stereocenters. The molecule has 17 heavy (non-hydrogen) atoms. The van der Waals surface area contributed by atoms with Gasteiger partial charge in [0.2, 0.25) is 0 Å². The molecule has 0 amide bonds. The number of aliphatic hydroxyl groups excluding tert-OH is 1. The third-order valence-corrected chi connectivity index (χ3v) is 3.50. The van der Waals surface area contributed by atoms with Gasteiger partial charge in [-0.25, -0.2) is 0 Å². The van der Waals surface area contributed by atoms with Crippen LogP contribution in [0, 0.1) is 0 Å². The first-order valence-electron chi connectivity index (χ1n) is 6.70. The predicted molar refractivity (Wildman–Crippen MR) is 69.4 cm³/mol. The molecule has 0 spiro atoms. The van der Waals surface area contributed by atoms with Crippen molar-refractivity contribution in [1.82, 2.24) is 0 Å². The van der Waals surface area contributed by atoms with Gasteiger partial charge in [0.25, 0.3) is 0 Å². The molecule has 2 nitrogen and oxygen atoms in total. The summed E-state index contributed by atoms with van der Waals surface area (Å²) in [6.45, 7) is 2.90.